The zero-order valence-corrected chi connectivity index (χ0v) is 28.2. The maximum absolute atomic E-state index is 15.1. The van der Waals surface area contributed by atoms with Crippen molar-refractivity contribution in [2.45, 2.75) is 76.3 Å². The van der Waals surface area contributed by atoms with Crippen LogP contribution in [0.15, 0.2) is 6.07 Å². The highest BCUT2D eigenvalue weighted by Crippen LogP contribution is 2.46. The summed E-state index contributed by atoms with van der Waals surface area (Å²) in [5.74, 6) is -1.27. The smallest absolute Gasteiger partial charge is 0.418 e. The largest absolute Gasteiger partial charge is 0.467 e. The van der Waals surface area contributed by atoms with Crippen molar-refractivity contribution in [3.63, 3.8) is 0 Å². The molecule has 4 aliphatic heterocycles. The lowest BCUT2D eigenvalue weighted by Crippen LogP contribution is -2.29. The maximum atomic E-state index is 15.1. The van der Waals surface area contributed by atoms with Crippen molar-refractivity contribution in [2.75, 3.05) is 44.4 Å². The summed E-state index contributed by atoms with van der Waals surface area (Å²) in [6, 6.07) is 1.31. The van der Waals surface area contributed by atoms with Crippen molar-refractivity contribution >= 4 is 40.6 Å². The van der Waals surface area contributed by atoms with E-state index >= 15 is 4.39 Å². The fourth-order valence-corrected chi connectivity index (χ4v) is 7.59. The molecule has 2 fully saturated rings. The lowest BCUT2D eigenvalue weighted by atomic mass is 9.93. The summed E-state index contributed by atoms with van der Waals surface area (Å²) in [6.45, 7) is 2.84. The average Bonchev–Trinajstić information content (AvgIpc) is 3.68. The lowest BCUT2D eigenvalue weighted by Gasteiger charge is -2.31. The van der Waals surface area contributed by atoms with E-state index in [2.05, 4.69) is 25.3 Å². The Balaban J connectivity index is 0.000000396. The summed E-state index contributed by atoms with van der Waals surface area (Å²) in [5, 5.41) is 6.32. The van der Waals surface area contributed by atoms with Gasteiger partial charge in [0.2, 0.25) is 0 Å². The van der Waals surface area contributed by atoms with Gasteiger partial charge in [0, 0.05) is 50.3 Å². The third-order valence-corrected chi connectivity index (χ3v) is 9.95. The van der Waals surface area contributed by atoms with Gasteiger partial charge in [-0.1, -0.05) is 23.2 Å². The monoisotopic (exact) mass is 732 g/mol. The van der Waals surface area contributed by atoms with Crippen LogP contribution >= 0.6 is 23.2 Å². The minimum Gasteiger partial charge on any atom is -0.467 e. The number of ether oxygens (including phenoxy) is 2. The first-order valence-corrected chi connectivity index (χ1v) is 16.6. The predicted molar refractivity (Wildman–Crippen MR) is 171 cm³/mol. The average molecular weight is 734 g/mol. The number of nitrogens with two attached hydrogens (primary N) is 1. The maximum Gasteiger partial charge on any atom is 0.418 e. The van der Waals surface area contributed by atoms with E-state index in [4.69, 9.17) is 38.4 Å². The van der Waals surface area contributed by atoms with E-state index in [1.54, 1.807) is 4.68 Å². The molecule has 6 heterocycles. The number of aryl methyl sites for hydroxylation is 1. The number of fused-ring (bicyclic) bond motifs is 3. The van der Waals surface area contributed by atoms with Crippen molar-refractivity contribution < 1.29 is 36.2 Å². The van der Waals surface area contributed by atoms with Crippen LogP contribution in [-0.4, -0.2) is 76.6 Å². The molecule has 2 saturated heterocycles. The Morgan fingerprint density at radius 1 is 1.18 bits per heavy atom. The van der Waals surface area contributed by atoms with Gasteiger partial charge < -0.3 is 25.4 Å². The number of alkyl halides is 4. The molecular formula is C31H35Cl2F5N8O3. The number of carbonyl (C=O) groups excluding carboxylic acids is 1. The summed E-state index contributed by atoms with van der Waals surface area (Å²) in [4.78, 5) is 25.2. The Morgan fingerprint density at radius 3 is 2.65 bits per heavy atom. The van der Waals surface area contributed by atoms with E-state index in [0.29, 0.717) is 54.9 Å². The number of halogens is 7. The van der Waals surface area contributed by atoms with Gasteiger partial charge >= 0.3 is 12.2 Å². The number of carbonyl (C=O) groups is 1. The highest BCUT2D eigenvalue weighted by molar-refractivity contribution is 6.34. The van der Waals surface area contributed by atoms with Gasteiger partial charge in [0.1, 0.15) is 12.0 Å². The number of benzene rings is 1. The molecule has 3 N–H and O–H groups in total. The molecule has 3 aromatic rings. The Morgan fingerprint density at radius 2 is 1.96 bits per heavy atom. The number of nitrogen functional groups attached to an aromatic ring is 1. The van der Waals surface area contributed by atoms with E-state index < -0.39 is 52.0 Å². The number of aromatic nitrogens is 4. The van der Waals surface area contributed by atoms with Crippen LogP contribution in [0.1, 0.15) is 70.4 Å². The van der Waals surface area contributed by atoms with E-state index in [1.807, 2.05) is 4.90 Å². The normalized spacial score (nSPS) is 22.1. The highest BCUT2D eigenvalue weighted by Gasteiger charge is 2.42. The fraction of sp³-hybridized carbons (Fsp3) is 0.548. The van der Waals surface area contributed by atoms with Crippen LogP contribution in [0.2, 0.25) is 10.0 Å². The Bertz CT molecular complexity index is 1730. The standard InChI is InChI=1S/C24H23Cl2F4N7O3.C7H12FN/c1-32-22(38)20-18(26)14-8-36(4-3-5-37(14)35-20)21-10-9-40-15(7-13(10)33-23(34-21)39-2)16-17(24(28,29)30)11(25)6-12(31)19(16)27;8-6-4-7-2-1-3-9(7)5-6/h6,15H,3-5,7-9,31H2,1-2H3,(H,32,38);6-7H,1-5H2. The van der Waals surface area contributed by atoms with Crippen LogP contribution in [0.4, 0.5) is 33.5 Å². The zero-order valence-electron chi connectivity index (χ0n) is 26.7. The number of hydrogen-bond acceptors (Lipinski definition) is 9. The van der Waals surface area contributed by atoms with E-state index in [0.717, 1.165) is 19.0 Å². The SMILES string of the molecule is CNC(=O)c1nn2c(c1Cl)CN(c1nc(OC)nc3c1COC(c1c(F)c(N)cc(Cl)c1C(F)(F)F)C3)CCC2.FC1CC2CCCN2C1. The van der Waals surface area contributed by atoms with Gasteiger partial charge in [-0.05, 0) is 38.3 Å². The quantitative estimate of drug-likeness (QED) is 0.264. The van der Waals surface area contributed by atoms with Gasteiger partial charge in [-0.25, -0.2) is 8.78 Å². The van der Waals surface area contributed by atoms with Gasteiger partial charge in [-0.15, -0.1) is 0 Å². The second-order valence-corrected chi connectivity index (χ2v) is 13.1. The molecule has 3 unspecified atom stereocenters. The summed E-state index contributed by atoms with van der Waals surface area (Å²) in [6.07, 6.45) is -3.14. The topological polar surface area (TPSA) is 124 Å². The van der Waals surface area contributed by atoms with Gasteiger partial charge in [0.05, 0.1) is 59.0 Å². The molecule has 0 radical (unpaired) electrons. The van der Waals surface area contributed by atoms with E-state index in [1.165, 1.54) is 27.0 Å². The van der Waals surface area contributed by atoms with Gasteiger partial charge in [-0.2, -0.15) is 28.2 Å². The zero-order chi connectivity index (χ0) is 35.2. The third kappa shape index (κ3) is 6.97. The molecule has 1 aromatic carbocycles. The minimum absolute atomic E-state index is 0.0357. The number of hydrogen-bond donors (Lipinski definition) is 2. The molecule has 1 amide bonds. The number of nitrogens with one attached hydrogen (secondary N) is 1. The molecule has 7 rings (SSSR count). The summed E-state index contributed by atoms with van der Waals surface area (Å²) >= 11 is 12.4. The van der Waals surface area contributed by atoms with Crippen LogP contribution in [0, 0.1) is 5.82 Å². The van der Waals surface area contributed by atoms with Crippen molar-refractivity contribution in [1.82, 2.24) is 30.0 Å². The summed E-state index contributed by atoms with van der Waals surface area (Å²) < 4.78 is 82.2. The van der Waals surface area contributed by atoms with Crippen molar-refractivity contribution in [3.05, 3.63) is 55.7 Å². The first-order valence-electron chi connectivity index (χ1n) is 15.8. The number of anilines is 2. The molecule has 3 atom stereocenters. The second-order valence-electron chi connectivity index (χ2n) is 12.3. The predicted octanol–water partition coefficient (Wildman–Crippen LogP) is 5.51. The molecule has 4 aliphatic rings. The van der Waals surface area contributed by atoms with Crippen LogP contribution in [0.25, 0.3) is 0 Å². The molecule has 0 saturated carbocycles. The number of methoxy groups -OCH3 is 1. The van der Waals surface area contributed by atoms with Crippen LogP contribution in [0.5, 0.6) is 6.01 Å². The number of amides is 1. The van der Waals surface area contributed by atoms with Crippen molar-refractivity contribution in [2.24, 2.45) is 0 Å². The molecule has 0 spiro atoms. The van der Waals surface area contributed by atoms with Crippen LogP contribution in [-0.2, 0) is 37.0 Å². The minimum atomic E-state index is -4.96. The van der Waals surface area contributed by atoms with Gasteiger partial charge in [0.15, 0.2) is 11.5 Å². The first-order chi connectivity index (χ1) is 23.3. The van der Waals surface area contributed by atoms with Crippen LogP contribution < -0.4 is 20.7 Å². The molecule has 49 heavy (non-hydrogen) atoms. The van der Waals surface area contributed by atoms with Gasteiger partial charge in [-0.3, -0.25) is 14.4 Å². The van der Waals surface area contributed by atoms with Crippen molar-refractivity contribution in [1.29, 1.82) is 0 Å². The van der Waals surface area contributed by atoms with Crippen molar-refractivity contribution in [3.8, 4) is 6.01 Å². The third-order valence-electron chi connectivity index (χ3n) is 9.26. The van der Waals surface area contributed by atoms with E-state index in [-0.39, 0.29) is 36.3 Å². The summed E-state index contributed by atoms with van der Waals surface area (Å²) in [7, 11) is 2.83. The van der Waals surface area contributed by atoms with Gasteiger partial charge in [0.25, 0.3) is 5.91 Å². The molecule has 266 valence electrons. The van der Waals surface area contributed by atoms with E-state index in [9.17, 15) is 22.4 Å². The molecule has 2 aromatic heterocycles. The molecular weight excluding hydrogens is 698 g/mol. The Labute approximate surface area is 288 Å². The van der Waals surface area contributed by atoms with Crippen LogP contribution in [0.3, 0.4) is 0 Å². The second kappa shape index (κ2) is 14.0. The first kappa shape index (κ1) is 35.4. The summed E-state index contributed by atoms with van der Waals surface area (Å²) in [5.41, 5.74) is 4.46. The Kier molecular flexibility index (Phi) is 10.1. The fourth-order valence-electron chi connectivity index (χ4n) is 6.98. The lowest BCUT2D eigenvalue weighted by molar-refractivity contribution is -0.140. The molecule has 0 aliphatic carbocycles. The number of rotatable bonds is 4. The molecule has 18 heteroatoms. The highest BCUT2D eigenvalue weighted by atomic mass is 35.5. The molecule has 0 bridgehead atoms. The Hall–Kier alpha value is -3.47. The molecule has 11 nitrogen and oxygen atoms in total. The number of nitrogens with zero attached hydrogens (tertiary/aromatic N) is 6.